The van der Waals surface area contributed by atoms with Crippen LogP contribution in [0.25, 0.3) is 0 Å². The average molecular weight is 437 g/mol. The highest BCUT2D eigenvalue weighted by Gasteiger charge is 2.50. The molecule has 0 aromatic heterocycles. The Kier molecular flexibility index (Phi) is 7.55. The molecule has 0 aliphatic carbocycles. The van der Waals surface area contributed by atoms with Gasteiger partial charge in [-0.25, -0.2) is 0 Å². The molecule has 2 aromatic rings. The fraction of sp³-hybridized carbons (Fsp3) is 0.444. The number of carbonyl (C=O) groups is 1. The summed E-state index contributed by atoms with van der Waals surface area (Å²) in [5.74, 6) is 0.433. The Morgan fingerprint density at radius 2 is 1.65 bits per heavy atom. The number of hydrogen-bond donors (Lipinski definition) is 0. The third-order valence-corrected chi connectivity index (χ3v) is 11.3. The second-order valence-electron chi connectivity index (χ2n) is 9.83. The lowest BCUT2D eigenvalue weighted by molar-refractivity contribution is -0.142. The van der Waals surface area contributed by atoms with Crippen LogP contribution in [0.15, 0.2) is 73.3 Å². The third kappa shape index (κ3) is 5.19. The van der Waals surface area contributed by atoms with Gasteiger partial charge in [0.2, 0.25) is 0 Å². The molecule has 0 spiro atoms. The smallest absolute Gasteiger partial charge is 0.306 e. The normalized spacial score (nSPS) is 20.3. The number of cyclic esters (lactones) is 1. The van der Waals surface area contributed by atoms with Crippen molar-refractivity contribution < 1.29 is 14.0 Å². The molecule has 0 radical (unpaired) electrons. The highest BCUT2D eigenvalue weighted by Crippen LogP contribution is 2.37. The van der Waals surface area contributed by atoms with Crippen molar-refractivity contribution in [1.29, 1.82) is 0 Å². The number of ether oxygens (including phenoxy) is 1. The first-order valence-electron chi connectivity index (χ1n) is 11.3. The Labute approximate surface area is 188 Å². The molecule has 1 heterocycles. The van der Waals surface area contributed by atoms with Crippen molar-refractivity contribution in [2.24, 2.45) is 11.8 Å². The molecule has 1 fully saturated rings. The molecule has 0 amide bonds. The molecule has 1 saturated heterocycles. The van der Waals surface area contributed by atoms with Gasteiger partial charge in [-0.1, -0.05) is 94.4 Å². The minimum atomic E-state index is -2.54. The van der Waals surface area contributed by atoms with Crippen LogP contribution in [0, 0.1) is 11.8 Å². The molecule has 31 heavy (non-hydrogen) atoms. The van der Waals surface area contributed by atoms with E-state index in [0.29, 0.717) is 13.0 Å². The van der Waals surface area contributed by atoms with Crippen molar-refractivity contribution in [1.82, 2.24) is 0 Å². The Morgan fingerprint density at radius 1 is 1.10 bits per heavy atom. The Balaban J connectivity index is 1.86. The van der Waals surface area contributed by atoms with Gasteiger partial charge in [-0.05, 0) is 34.2 Å². The van der Waals surface area contributed by atoms with Crippen LogP contribution in [0.4, 0.5) is 0 Å². The first-order chi connectivity index (χ1) is 14.8. The van der Waals surface area contributed by atoms with E-state index in [-0.39, 0.29) is 28.9 Å². The topological polar surface area (TPSA) is 35.5 Å². The summed E-state index contributed by atoms with van der Waals surface area (Å²) >= 11 is 0. The molecule has 0 unspecified atom stereocenters. The molecule has 2 aromatic carbocycles. The zero-order valence-corrected chi connectivity index (χ0v) is 20.3. The minimum absolute atomic E-state index is 0.0387. The van der Waals surface area contributed by atoms with E-state index in [0.717, 1.165) is 12.8 Å². The highest BCUT2D eigenvalue weighted by atomic mass is 28.4. The summed E-state index contributed by atoms with van der Waals surface area (Å²) in [5, 5.41) is 2.54. The van der Waals surface area contributed by atoms with Gasteiger partial charge in [0.25, 0.3) is 8.32 Å². The summed E-state index contributed by atoms with van der Waals surface area (Å²) in [4.78, 5) is 11.9. The van der Waals surface area contributed by atoms with Gasteiger partial charge in [0, 0.05) is 12.5 Å². The van der Waals surface area contributed by atoms with Crippen LogP contribution >= 0.6 is 0 Å². The van der Waals surface area contributed by atoms with Crippen molar-refractivity contribution in [3.63, 3.8) is 0 Å². The summed E-state index contributed by atoms with van der Waals surface area (Å²) in [5.41, 5.74) is 0. The third-order valence-electron chi connectivity index (χ3n) is 6.34. The van der Waals surface area contributed by atoms with Crippen molar-refractivity contribution in [3.05, 3.63) is 73.3 Å². The minimum Gasteiger partial charge on any atom is -0.462 e. The maximum Gasteiger partial charge on any atom is 0.306 e. The number of esters is 1. The summed E-state index contributed by atoms with van der Waals surface area (Å²) in [7, 11) is -2.54. The lowest BCUT2D eigenvalue weighted by Crippen LogP contribution is -2.66. The van der Waals surface area contributed by atoms with Crippen LogP contribution in [0.3, 0.4) is 0 Å². The molecule has 166 valence electrons. The van der Waals surface area contributed by atoms with Gasteiger partial charge >= 0.3 is 5.97 Å². The van der Waals surface area contributed by atoms with E-state index in [9.17, 15) is 4.79 Å². The molecule has 1 aliphatic heterocycles. The molecule has 0 bridgehead atoms. The largest absolute Gasteiger partial charge is 0.462 e. The molecular weight excluding hydrogens is 400 g/mol. The van der Waals surface area contributed by atoms with Crippen molar-refractivity contribution in [2.45, 2.75) is 58.1 Å². The van der Waals surface area contributed by atoms with Gasteiger partial charge in [0.05, 0.1) is 6.42 Å². The summed E-state index contributed by atoms with van der Waals surface area (Å²) < 4.78 is 12.7. The van der Waals surface area contributed by atoms with Crippen LogP contribution < -0.4 is 10.4 Å². The SMILES string of the molecule is C=CC[C@@H]1CC(=O)O[C@H]1C[C@H](C)CO[Si](c1ccccc1)(c1ccccc1)C(C)(C)C. The van der Waals surface area contributed by atoms with Gasteiger partial charge in [0.1, 0.15) is 6.10 Å². The van der Waals surface area contributed by atoms with E-state index in [2.05, 4.69) is 94.9 Å². The quantitative estimate of drug-likeness (QED) is 0.312. The molecular formula is C27H36O3Si. The zero-order valence-electron chi connectivity index (χ0n) is 19.3. The molecule has 3 nitrogen and oxygen atoms in total. The fourth-order valence-corrected chi connectivity index (χ4v) is 9.53. The van der Waals surface area contributed by atoms with E-state index >= 15 is 0 Å². The number of hydrogen-bond acceptors (Lipinski definition) is 3. The van der Waals surface area contributed by atoms with Crippen LogP contribution in [0.2, 0.25) is 5.04 Å². The first-order valence-corrected chi connectivity index (χ1v) is 13.2. The highest BCUT2D eigenvalue weighted by molar-refractivity contribution is 6.99. The lowest BCUT2D eigenvalue weighted by atomic mass is 9.91. The van der Waals surface area contributed by atoms with E-state index in [4.69, 9.17) is 9.16 Å². The molecule has 0 N–H and O–H groups in total. The zero-order chi connectivity index (χ0) is 22.5. The Bertz CT molecular complexity index is 818. The van der Waals surface area contributed by atoms with Gasteiger partial charge in [0.15, 0.2) is 0 Å². The Hall–Kier alpha value is -2.17. The van der Waals surface area contributed by atoms with Crippen molar-refractivity contribution >= 4 is 24.7 Å². The number of carbonyl (C=O) groups excluding carboxylic acids is 1. The summed E-state index contributed by atoms with van der Waals surface area (Å²) in [6.07, 6.45) is 3.99. The second kappa shape index (κ2) is 9.97. The molecule has 3 rings (SSSR count). The van der Waals surface area contributed by atoms with Crippen LogP contribution in [-0.4, -0.2) is 27.0 Å². The molecule has 4 heteroatoms. The molecule has 1 aliphatic rings. The van der Waals surface area contributed by atoms with Crippen LogP contribution in [-0.2, 0) is 14.0 Å². The summed E-state index contributed by atoms with van der Waals surface area (Å²) in [6.45, 7) is 13.6. The van der Waals surface area contributed by atoms with E-state index in [1.165, 1.54) is 10.4 Å². The number of rotatable bonds is 9. The van der Waals surface area contributed by atoms with Gasteiger partial charge in [-0.2, -0.15) is 0 Å². The number of benzene rings is 2. The summed E-state index contributed by atoms with van der Waals surface area (Å²) in [6, 6.07) is 21.4. The second-order valence-corrected chi connectivity index (χ2v) is 14.1. The first kappa shape index (κ1) is 23.5. The van der Waals surface area contributed by atoms with Crippen LogP contribution in [0.1, 0.15) is 47.0 Å². The predicted octanol–water partition coefficient (Wildman–Crippen LogP) is 5.10. The Morgan fingerprint density at radius 3 is 2.13 bits per heavy atom. The van der Waals surface area contributed by atoms with Crippen molar-refractivity contribution in [3.8, 4) is 0 Å². The standard InChI is InChI=1S/C27H36O3Si/c1-6-13-22-19-26(28)30-25(22)18-21(2)20-29-31(27(3,4)5,23-14-9-7-10-15-23)24-16-11-8-12-17-24/h6-12,14-17,21-22,25H,1,13,18-20H2,2-5H3/t21-,22+,25-/m0/s1. The lowest BCUT2D eigenvalue weighted by Gasteiger charge is -2.43. The van der Waals surface area contributed by atoms with Gasteiger partial charge in [-0.3, -0.25) is 4.79 Å². The van der Waals surface area contributed by atoms with E-state index in [1.54, 1.807) is 0 Å². The monoisotopic (exact) mass is 436 g/mol. The van der Waals surface area contributed by atoms with E-state index in [1.807, 2.05) is 6.08 Å². The van der Waals surface area contributed by atoms with Crippen LogP contribution in [0.5, 0.6) is 0 Å². The van der Waals surface area contributed by atoms with Gasteiger partial charge < -0.3 is 9.16 Å². The van der Waals surface area contributed by atoms with E-state index < -0.39 is 8.32 Å². The number of allylic oxidation sites excluding steroid dienone is 1. The molecule has 0 saturated carbocycles. The molecule has 3 atom stereocenters. The maximum absolute atomic E-state index is 11.9. The van der Waals surface area contributed by atoms with Gasteiger partial charge in [-0.15, -0.1) is 6.58 Å². The predicted molar refractivity (Wildman–Crippen MR) is 130 cm³/mol. The average Bonchev–Trinajstić information content (AvgIpc) is 3.08. The fourth-order valence-electron chi connectivity index (χ4n) is 4.84. The maximum atomic E-state index is 11.9. The van der Waals surface area contributed by atoms with Crippen molar-refractivity contribution in [2.75, 3.05) is 6.61 Å².